The lowest BCUT2D eigenvalue weighted by molar-refractivity contribution is -0.141. The molecule has 0 spiro atoms. The van der Waals surface area contributed by atoms with Gasteiger partial charge in [0.15, 0.2) is 0 Å². The molecule has 0 aliphatic carbocycles. The fourth-order valence-corrected chi connectivity index (χ4v) is 4.96. The Morgan fingerprint density at radius 1 is 0.972 bits per heavy atom. The van der Waals surface area contributed by atoms with Crippen molar-refractivity contribution in [2.75, 3.05) is 0 Å². The minimum absolute atomic E-state index is 0.179. The quantitative estimate of drug-likeness (QED) is 0.335. The minimum Gasteiger partial charge on any atom is -0.481 e. The maximum Gasteiger partial charge on any atom is 0.303 e. The smallest absolute Gasteiger partial charge is 0.303 e. The molecule has 0 saturated carbocycles. The molecule has 180 valence electrons. The highest BCUT2D eigenvalue weighted by molar-refractivity contribution is 9.10. The molecule has 2 heterocycles. The topological polar surface area (TPSA) is 103 Å². The standard InChI is InChI=1S/C28H22BrN3O4/c29-19-11-12-21-20(15-19)26(18-9-5-2-6-10-18)27(28(36)30-21)22-16-23(17-7-3-1-4-8-17)32(31-22)24(33)13-14-25(34)35/h1-12,15,23H,13-14,16H2,(H,30,36)(H,34,35)/t23-/m1/s1. The fourth-order valence-electron chi connectivity index (χ4n) is 4.60. The van der Waals surface area contributed by atoms with Gasteiger partial charge in [0.25, 0.3) is 5.56 Å². The van der Waals surface area contributed by atoms with Crippen LogP contribution in [0.5, 0.6) is 0 Å². The maximum absolute atomic E-state index is 13.5. The number of carboxylic acids is 1. The van der Waals surface area contributed by atoms with Gasteiger partial charge in [0, 0.05) is 33.8 Å². The third kappa shape index (κ3) is 4.59. The summed E-state index contributed by atoms with van der Waals surface area (Å²) in [7, 11) is 0. The minimum atomic E-state index is -1.05. The summed E-state index contributed by atoms with van der Waals surface area (Å²) in [5.74, 6) is -1.45. The Balaban J connectivity index is 1.70. The van der Waals surface area contributed by atoms with Crippen molar-refractivity contribution in [2.24, 2.45) is 5.10 Å². The molecule has 1 aliphatic rings. The molecule has 1 aliphatic heterocycles. The first-order valence-corrected chi connectivity index (χ1v) is 12.3. The summed E-state index contributed by atoms with van der Waals surface area (Å²) >= 11 is 3.54. The van der Waals surface area contributed by atoms with E-state index in [1.165, 1.54) is 5.01 Å². The second kappa shape index (κ2) is 9.91. The molecule has 1 aromatic heterocycles. The lowest BCUT2D eigenvalue weighted by Crippen LogP contribution is -2.27. The van der Waals surface area contributed by atoms with E-state index in [2.05, 4.69) is 26.0 Å². The number of aliphatic carboxylic acids is 1. The van der Waals surface area contributed by atoms with Crippen molar-refractivity contribution in [3.05, 3.63) is 105 Å². The van der Waals surface area contributed by atoms with E-state index >= 15 is 0 Å². The number of hydrogen-bond donors (Lipinski definition) is 2. The van der Waals surface area contributed by atoms with E-state index in [4.69, 9.17) is 5.11 Å². The first kappa shape index (κ1) is 23.7. The van der Waals surface area contributed by atoms with Crippen LogP contribution in [0, 0.1) is 0 Å². The Kier molecular flexibility index (Phi) is 6.52. The van der Waals surface area contributed by atoms with E-state index in [0.29, 0.717) is 23.2 Å². The lowest BCUT2D eigenvalue weighted by atomic mass is 9.91. The molecular weight excluding hydrogens is 522 g/mol. The van der Waals surface area contributed by atoms with Crippen LogP contribution in [-0.2, 0) is 9.59 Å². The second-order valence-electron chi connectivity index (χ2n) is 8.57. The van der Waals surface area contributed by atoms with Crippen molar-refractivity contribution in [2.45, 2.75) is 25.3 Å². The number of H-pyrrole nitrogens is 1. The van der Waals surface area contributed by atoms with Crippen LogP contribution in [0.25, 0.3) is 22.0 Å². The highest BCUT2D eigenvalue weighted by Gasteiger charge is 2.35. The molecule has 5 rings (SSSR count). The van der Waals surface area contributed by atoms with Crippen LogP contribution >= 0.6 is 15.9 Å². The van der Waals surface area contributed by atoms with Gasteiger partial charge in [0.1, 0.15) is 0 Å². The summed E-state index contributed by atoms with van der Waals surface area (Å²) in [5, 5.41) is 15.9. The number of carboxylic acid groups (broad SMARTS) is 1. The molecule has 0 unspecified atom stereocenters. The van der Waals surface area contributed by atoms with Gasteiger partial charge in [0.05, 0.1) is 23.7 Å². The molecule has 0 saturated heterocycles. The predicted octanol–water partition coefficient (Wildman–Crippen LogP) is 5.50. The number of aromatic nitrogens is 1. The predicted molar refractivity (Wildman–Crippen MR) is 142 cm³/mol. The van der Waals surface area contributed by atoms with Crippen LogP contribution in [-0.4, -0.2) is 32.7 Å². The molecule has 36 heavy (non-hydrogen) atoms. The SMILES string of the molecule is O=C(O)CCC(=O)N1N=C(c2c(-c3ccccc3)c3cc(Br)ccc3[nH]c2=O)C[C@@H]1c1ccccc1. The number of hydrogen-bond acceptors (Lipinski definition) is 4. The van der Waals surface area contributed by atoms with Crippen LogP contribution in [0.1, 0.15) is 36.4 Å². The van der Waals surface area contributed by atoms with Crippen molar-refractivity contribution < 1.29 is 14.7 Å². The lowest BCUT2D eigenvalue weighted by Gasteiger charge is -2.21. The summed E-state index contributed by atoms with van der Waals surface area (Å²) in [6.45, 7) is 0. The monoisotopic (exact) mass is 543 g/mol. The number of fused-ring (bicyclic) bond motifs is 1. The number of amides is 1. The van der Waals surface area contributed by atoms with Crippen LogP contribution in [0.2, 0.25) is 0 Å². The van der Waals surface area contributed by atoms with Gasteiger partial charge in [0.2, 0.25) is 5.91 Å². The average Bonchev–Trinajstić information content (AvgIpc) is 3.33. The molecule has 4 aromatic rings. The van der Waals surface area contributed by atoms with Crippen LogP contribution in [0.3, 0.4) is 0 Å². The number of halogens is 1. The first-order chi connectivity index (χ1) is 17.4. The molecule has 0 bridgehead atoms. The Labute approximate surface area is 215 Å². The zero-order valence-electron chi connectivity index (χ0n) is 19.1. The maximum atomic E-state index is 13.5. The number of pyridine rings is 1. The van der Waals surface area contributed by atoms with Gasteiger partial charge in [-0.15, -0.1) is 0 Å². The molecule has 1 amide bonds. The molecule has 8 heteroatoms. The Morgan fingerprint density at radius 2 is 1.67 bits per heavy atom. The van der Waals surface area contributed by atoms with Gasteiger partial charge in [-0.3, -0.25) is 14.4 Å². The van der Waals surface area contributed by atoms with Crippen molar-refractivity contribution in [1.29, 1.82) is 0 Å². The van der Waals surface area contributed by atoms with Gasteiger partial charge in [-0.2, -0.15) is 5.10 Å². The summed E-state index contributed by atoms with van der Waals surface area (Å²) in [6.07, 6.45) is -0.144. The second-order valence-corrected chi connectivity index (χ2v) is 9.49. The van der Waals surface area contributed by atoms with Crippen LogP contribution < -0.4 is 5.56 Å². The van der Waals surface area contributed by atoms with Gasteiger partial charge in [-0.05, 0) is 29.3 Å². The summed E-state index contributed by atoms with van der Waals surface area (Å²) in [6, 6.07) is 24.3. The average molecular weight is 544 g/mol. The van der Waals surface area contributed by atoms with Crippen molar-refractivity contribution in [3.63, 3.8) is 0 Å². The Bertz CT molecular complexity index is 1550. The van der Waals surface area contributed by atoms with Crippen molar-refractivity contribution >= 4 is 44.4 Å². The van der Waals surface area contributed by atoms with E-state index in [9.17, 15) is 14.4 Å². The number of nitrogens with one attached hydrogen (secondary N) is 1. The van der Waals surface area contributed by atoms with Crippen molar-refractivity contribution in [1.82, 2.24) is 9.99 Å². The zero-order chi connectivity index (χ0) is 25.2. The Hall–Kier alpha value is -4.04. The van der Waals surface area contributed by atoms with E-state index in [1.54, 1.807) is 0 Å². The fraction of sp³-hybridized carbons (Fsp3) is 0.143. The van der Waals surface area contributed by atoms with E-state index in [-0.39, 0.29) is 18.4 Å². The molecule has 1 atom stereocenters. The molecule has 0 radical (unpaired) electrons. The van der Waals surface area contributed by atoms with Crippen LogP contribution in [0.15, 0.2) is 93.2 Å². The highest BCUT2D eigenvalue weighted by atomic mass is 79.9. The molecule has 3 aromatic carbocycles. The number of rotatable bonds is 6. The normalized spacial score (nSPS) is 15.2. The number of nitrogens with zero attached hydrogens (tertiary/aromatic N) is 2. The van der Waals surface area contributed by atoms with E-state index in [0.717, 1.165) is 26.5 Å². The summed E-state index contributed by atoms with van der Waals surface area (Å²) in [4.78, 5) is 40.6. The van der Waals surface area contributed by atoms with E-state index in [1.807, 2.05) is 78.9 Å². The molecule has 7 nitrogen and oxygen atoms in total. The van der Waals surface area contributed by atoms with Crippen molar-refractivity contribution in [3.8, 4) is 11.1 Å². The summed E-state index contributed by atoms with van der Waals surface area (Å²) < 4.78 is 0.867. The number of carbonyl (C=O) groups excluding carboxylic acids is 1. The van der Waals surface area contributed by atoms with Gasteiger partial charge >= 0.3 is 5.97 Å². The van der Waals surface area contributed by atoms with Crippen LogP contribution in [0.4, 0.5) is 0 Å². The number of carbonyl (C=O) groups is 2. The summed E-state index contributed by atoms with van der Waals surface area (Å²) in [5.41, 5.74) is 3.74. The number of aromatic amines is 1. The Morgan fingerprint density at radius 3 is 2.36 bits per heavy atom. The van der Waals surface area contributed by atoms with Gasteiger partial charge in [-0.1, -0.05) is 76.6 Å². The third-order valence-corrected chi connectivity index (χ3v) is 6.72. The third-order valence-electron chi connectivity index (χ3n) is 6.23. The first-order valence-electron chi connectivity index (χ1n) is 11.5. The van der Waals surface area contributed by atoms with Gasteiger partial charge < -0.3 is 10.1 Å². The number of hydrazone groups is 1. The highest BCUT2D eigenvalue weighted by Crippen LogP contribution is 2.37. The molecule has 0 fully saturated rings. The molecular formula is C28H22BrN3O4. The van der Waals surface area contributed by atoms with Gasteiger partial charge in [-0.25, -0.2) is 5.01 Å². The largest absolute Gasteiger partial charge is 0.481 e. The van der Waals surface area contributed by atoms with E-state index < -0.39 is 17.9 Å². The zero-order valence-corrected chi connectivity index (χ0v) is 20.7. The molecule has 2 N–H and O–H groups in total. The number of benzene rings is 3.